The van der Waals surface area contributed by atoms with Crippen molar-refractivity contribution in [2.45, 2.75) is 58.3 Å². The van der Waals surface area contributed by atoms with E-state index < -0.39 is 29.7 Å². The topological polar surface area (TPSA) is 76.1 Å². The monoisotopic (exact) mass is 287 g/mol. The highest BCUT2D eigenvalue weighted by Gasteiger charge is 2.41. The summed E-state index contributed by atoms with van der Waals surface area (Å²) in [6.07, 6.45) is 0.632. The summed E-state index contributed by atoms with van der Waals surface area (Å²) in [5.74, 6) is -1.60. The molecule has 3 atom stereocenters. The lowest BCUT2D eigenvalue weighted by atomic mass is 9.96. The minimum atomic E-state index is -0.923. The average molecular weight is 287 g/mol. The van der Waals surface area contributed by atoms with Gasteiger partial charge in [-0.2, -0.15) is 0 Å². The van der Waals surface area contributed by atoms with Gasteiger partial charge in [0, 0.05) is 13.7 Å². The van der Waals surface area contributed by atoms with Crippen molar-refractivity contribution in [1.82, 2.24) is 4.90 Å². The molecular weight excluding hydrogens is 262 g/mol. The lowest BCUT2D eigenvalue weighted by Gasteiger charge is -2.34. The van der Waals surface area contributed by atoms with Crippen LogP contribution in [-0.4, -0.2) is 53.5 Å². The molecule has 116 valence electrons. The standard InChI is InChI=1S/C14H25NO5/c1-9(12(16)17)11(19-5)10-7-6-8-15(10)13(18)20-14(2,3)4/h9-11H,6-8H2,1-5H3,(H,16,17)/t9-,10-,11-/m1/s1. The van der Waals surface area contributed by atoms with Crippen LogP contribution in [0.15, 0.2) is 0 Å². The zero-order valence-electron chi connectivity index (χ0n) is 12.9. The molecule has 0 unspecified atom stereocenters. The number of nitrogens with zero attached hydrogens (tertiary/aromatic N) is 1. The Morgan fingerprint density at radius 2 is 1.95 bits per heavy atom. The van der Waals surface area contributed by atoms with Crippen molar-refractivity contribution in [3.63, 3.8) is 0 Å². The third kappa shape index (κ3) is 4.10. The Kier molecular flexibility index (Phi) is 5.39. The summed E-state index contributed by atoms with van der Waals surface area (Å²) in [6.45, 7) is 7.60. The molecule has 1 rings (SSSR count). The minimum Gasteiger partial charge on any atom is -0.481 e. The average Bonchev–Trinajstić information content (AvgIpc) is 2.76. The molecule has 0 saturated carbocycles. The summed E-state index contributed by atoms with van der Waals surface area (Å²) in [5, 5.41) is 9.14. The third-order valence-corrected chi connectivity index (χ3v) is 3.46. The lowest BCUT2D eigenvalue weighted by molar-refractivity contribution is -0.147. The number of hydrogen-bond donors (Lipinski definition) is 1. The van der Waals surface area contributed by atoms with Gasteiger partial charge in [-0.15, -0.1) is 0 Å². The van der Waals surface area contributed by atoms with E-state index in [0.717, 1.165) is 12.8 Å². The minimum absolute atomic E-state index is 0.249. The van der Waals surface area contributed by atoms with E-state index in [1.165, 1.54) is 7.11 Å². The van der Waals surface area contributed by atoms with Gasteiger partial charge in [0.15, 0.2) is 0 Å². The number of likely N-dealkylation sites (tertiary alicyclic amines) is 1. The molecule has 0 aliphatic carbocycles. The first-order valence-corrected chi connectivity index (χ1v) is 6.92. The Balaban J connectivity index is 2.82. The second-order valence-electron chi connectivity index (χ2n) is 6.21. The number of amides is 1. The van der Waals surface area contributed by atoms with E-state index in [4.69, 9.17) is 14.6 Å². The molecule has 1 amide bonds. The van der Waals surface area contributed by atoms with Gasteiger partial charge in [-0.25, -0.2) is 4.79 Å². The van der Waals surface area contributed by atoms with Gasteiger partial charge in [-0.05, 0) is 40.5 Å². The van der Waals surface area contributed by atoms with Crippen LogP contribution < -0.4 is 0 Å². The molecule has 0 aromatic carbocycles. The highest BCUT2D eigenvalue weighted by molar-refractivity contribution is 5.71. The Morgan fingerprint density at radius 1 is 1.35 bits per heavy atom. The second-order valence-corrected chi connectivity index (χ2v) is 6.21. The van der Waals surface area contributed by atoms with Crippen molar-refractivity contribution in [3.05, 3.63) is 0 Å². The molecule has 6 nitrogen and oxygen atoms in total. The number of carbonyl (C=O) groups is 2. The summed E-state index contributed by atoms with van der Waals surface area (Å²) in [5.41, 5.74) is -0.564. The van der Waals surface area contributed by atoms with E-state index in [2.05, 4.69) is 0 Å². The van der Waals surface area contributed by atoms with Crippen molar-refractivity contribution in [2.75, 3.05) is 13.7 Å². The molecule has 1 aliphatic rings. The van der Waals surface area contributed by atoms with Crippen molar-refractivity contribution < 1.29 is 24.2 Å². The summed E-state index contributed by atoms with van der Waals surface area (Å²) >= 11 is 0. The van der Waals surface area contributed by atoms with Crippen molar-refractivity contribution >= 4 is 12.1 Å². The predicted octanol–water partition coefficient (Wildman–Crippen LogP) is 2.12. The fraction of sp³-hybridized carbons (Fsp3) is 0.857. The lowest BCUT2D eigenvalue weighted by Crippen LogP contribution is -2.49. The molecule has 20 heavy (non-hydrogen) atoms. The maximum Gasteiger partial charge on any atom is 0.410 e. The quantitative estimate of drug-likeness (QED) is 0.857. The van der Waals surface area contributed by atoms with Gasteiger partial charge in [0.2, 0.25) is 0 Å². The number of methoxy groups -OCH3 is 1. The van der Waals surface area contributed by atoms with Crippen LogP contribution in [-0.2, 0) is 14.3 Å². The molecule has 1 N–H and O–H groups in total. The number of aliphatic carboxylic acids is 1. The van der Waals surface area contributed by atoms with E-state index in [9.17, 15) is 9.59 Å². The fourth-order valence-corrected chi connectivity index (χ4v) is 2.52. The Morgan fingerprint density at radius 3 is 2.40 bits per heavy atom. The number of rotatable bonds is 4. The van der Waals surface area contributed by atoms with Crippen molar-refractivity contribution in [2.24, 2.45) is 5.92 Å². The predicted molar refractivity (Wildman–Crippen MR) is 73.6 cm³/mol. The molecule has 0 radical (unpaired) electrons. The summed E-state index contributed by atoms with van der Waals surface area (Å²) in [4.78, 5) is 24.9. The van der Waals surface area contributed by atoms with Gasteiger partial charge in [0.05, 0.1) is 18.1 Å². The Labute approximate surface area is 120 Å². The van der Waals surface area contributed by atoms with Crippen LogP contribution in [0.5, 0.6) is 0 Å². The molecule has 0 aromatic rings. The normalized spacial score (nSPS) is 22.4. The van der Waals surface area contributed by atoms with Gasteiger partial charge in [-0.1, -0.05) is 0 Å². The molecule has 1 aliphatic heterocycles. The number of carbonyl (C=O) groups excluding carboxylic acids is 1. The highest BCUT2D eigenvalue weighted by Crippen LogP contribution is 2.27. The molecule has 6 heteroatoms. The van der Waals surface area contributed by atoms with Gasteiger partial charge in [0.1, 0.15) is 5.60 Å². The first kappa shape index (κ1) is 16.8. The summed E-state index contributed by atoms with van der Waals surface area (Å²) < 4.78 is 10.7. The zero-order valence-corrected chi connectivity index (χ0v) is 12.9. The maximum atomic E-state index is 12.2. The molecular formula is C14H25NO5. The largest absolute Gasteiger partial charge is 0.481 e. The van der Waals surface area contributed by atoms with Gasteiger partial charge in [0.25, 0.3) is 0 Å². The van der Waals surface area contributed by atoms with Crippen LogP contribution in [0, 0.1) is 5.92 Å². The van der Waals surface area contributed by atoms with Crippen LogP contribution in [0.25, 0.3) is 0 Å². The first-order chi connectivity index (χ1) is 9.17. The van der Waals surface area contributed by atoms with Crippen LogP contribution in [0.1, 0.15) is 40.5 Å². The molecule has 0 bridgehead atoms. The van der Waals surface area contributed by atoms with Gasteiger partial charge >= 0.3 is 12.1 Å². The summed E-state index contributed by atoms with van der Waals surface area (Å²) in [7, 11) is 1.48. The van der Waals surface area contributed by atoms with Crippen molar-refractivity contribution in [3.8, 4) is 0 Å². The van der Waals surface area contributed by atoms with E-state index in [1.807, 2.05) is 20.8 Å². The maximum absolute atomic E-state index is 12.2. The Bertz CT molecular complexity index is 363. The molecule has 1 fully saturated rings. The number of carboxylic acids is 1. The van der Waals surface area contributed by atoms with Gasteiger partial charge < -0.3 is 19.5 Å². The number of carboxylic acid groups (broad SMARTS) is 1. The Hall–Kier alpha value is -1.30. The van der Waals surface area contributed by atoms with E-state index in [-0.39, 0.29) is 6.04 Å². The van der Waals surface area contributed by atoms with Crippen molar-refractivity contribution in [1.29, 1.82) is 0 Å². The van der Waals surface area contributed by atoms with E-state index in [1.54, 1.807) is 11.8 Å². The first-order valence-electron chi connectivity index (χ1n) is 6.92. The van der Waals surface area contributed by atoms with Gasteiger partial charge in [-0.3, -0.25) is 4.79 Å². The SMILES string of the molecule is CO[C@@H]([C@H]1CCCN1C(=O)OC(C)(C)C)[C@@H](C)C(=O)O. The fourth-order valence-electron chi connectivity index (χ4n) is 2.52. The second kappa shape index (κ2) is 6.43. The van der Waals surface area contributed by atoms with Crippen LogP contribution in [0.3, 0.4) is 0 Å². The van der Waals surface area contributed by atoms with Crippen LogP contribution >= 0.6 is 0 Å². The zero-order chi connectivity index (χ0) is 15.5. The molecule has 1 heterocycles. The third-order valence-electron chi connectivity index (χ3n) is 3.46. The molecule has 1 saturated heterocycles. The van der Waals surface area contributed by atoms with Crippen LogP contribution in [0.2, 0.25) is 0 Å². The number of hydrogen-bond acceptors (Lipinski definition) is 4. The molecule has 0 spiro atoms. The van der Waals surface area contributed by atoms with E-state index >= 15 is 0 Å². The number of ether oxygens (including phenoxy) is 2. The summed E-state index contributed by atoms with van der Waals surface area (Å²) in [6, 6.07) is -0.249. The van der Waals surface area contributed by atoms with E-state index in [0.29, 0.717) is 6.54 Å². The highest BCUT2D eigenvalue weighted by atomic mass is 16.6. The van der Waals surface area contributed by atoms with Crippen LogP contribution in [0.4, 0.5) is 4.79 Å². The molecule has 0 aromatic heterocycles. The smallest absolute Gasteiger partial charge is 0.410 e.